The van der Waals surface area contributed by atoms with E-state index in [2.05, 4.69) is 5.32 Å². The summed E-state index contributed by atoms with van der Waals surface area (Å²) in [4.78, 5) is 30.6. The van der Waals surface area contributed by atoms with Crippen LogP contribution in [0.3, 0.4) is 0 Å². The van der Waals surface area contributed by atoms with Crippen LogP contribution in [-0.2, 0) is 11.3 Å². The van der Waals surface area contributed by atoms with Crippen LogP contribution < -0.4 is 25.1 Å². The van der Waals surface area contributed by atoms with E-state index in [-0.39, 0.29) is 30.2 Å². The van der Waals surface area contributed by atoms with Crippen molar-refractivity contribution in [2.45, 2.75) is 18.1 Å². The predicted octanol–water partition coefficient (Wildman–Crippen LogP) is 4.73. The third-order valence-corrected chi connectivity index (χ3v) is 6.56. The van der Waals surface area contributed by atoms with Crippen LogP contribution in [0.5, 0.6) is 17.2 Å². The number of amides is 1. The second-order valence-electron chi connectivity index (χ2n) is 7.99. The molecule has 10 heteroatoms. The fourth-order valence-electron chi connectivity index (χ4n) is 3.80. The van der Waals surface area contributed by atoms with Crippen molar-refractivity contribution in [3.63, 3.8) is 0 Å². The maximum absolute atomic E-state index is 13.5. The van der Waals surface area contributed by atoms with Crippen molar-refractivity contribution in [1.82, 2.24) is 9.55 Å². The van der Waals surface area contributed by atoms with Gasteiger partial charge in [0.05, 0.1) is 38.8 Å². The fraction of sp³-hybridized carbons (Fsp3) is 0.222. The Morgan fingerprint density at radius 1 is 1.00 bits per heavy atom. The second-order valence-corrected chi connectivity index (χ2v) is 9.05. The number of hydrogen-bond donors (Lipinski definition) is 1. The summed E-state index contributed by atoms with van der Waals surface area (Å²) < 4.78 is 31.0. The van der Waals surface area contributed by atoms with Gasteiger partial charge in [0.1, 0.15) is 5.82 Å². The van der Waals surface area contributed by atoms with E-state index in [1.54, 1.807) is 34.9 Å². The number of anilines is 1. The number of carbonyl (C=O) groups excluding carboxylic acids is 1. The first-order chi connectivity index (χ1) is 17.9. The lowest BCUT2D eigenvalue weighted by Gasteiger charge is -2.16. The fourth-order valence-corrected chi connectivity index (χ4v) is 4.73. The molecule has 1 amide bonds. The highest BCUT2D eigenvalue weighted by Crippen LogP contribution is 2.38. The first-order valence-corrected chi connectivity index (χ1v) is 12.4. The van der Waals surface area contributed by atoms with Gasteiger partial charge in [0.15, 0.2) is 16.7 Å². The molecule has 37 heavy (non-hydrogen) atoms. The number of carbonyl (C=O) groups is 1. The molecule has 1 aromatic heterocycles. The van der Waals surface area contributed by atoms with E-state index in [0.29, 0.717) is 44.7 Å². The molecule has 0 aliphatic heterocycles. The number of thioether (sulfide) groups is 1. The molecule has 0 saturated carbocycles. The van der Waals surface area contributed by atoms with Crippen LogP contribution in [0.15, 0.2) is 70.6 Å². The number of hydrogen-bond acceptors (Lipinski definition) is 7. The third kappa shape index (κ3) is 6.03. The summed E-state index contributed by atoms with van der Waals surface area (Å²) in [6, 6.07) is 16.3. The molecule has 0 spiro atoms. The molecule has 3 aromatic carbocycles. The number of ether oxygens (including phenoxy) is 3. The van der Waals surface area contributed by atoms with E-state index in [0.717, 1.165) is 5.56 Å². The monoisotopic (exact) mass is 523 g/mol. The van der Waals surface area contributed by atoms with E-state index in [4.69, 9.17) is 19.2 Å². The first-order valence-electron chi connectivity index (χ1n) is 11.4. The lowest BCUT2D eigenvalue weighted by molar-refractivity contribution is -0.115. The van der Waals surface area contributed by atoms with Gasteiger partial charge in [0.2, 0.25) is 11.7 Å². The smallest absolute Gasteiger partial charge is 0.262 e. The average Bonchev–Trinajstić information content (AvgIpc) is 2.91. The maximum Gasteiger partial charge on any atom is 0.262 e. The minimum atomic E-state index is -0.374. The molecule has 0 fully saturated rings. The standard InChI is InChI=1S/C27H26FN3O5S/c1-34-22-14-17(15-23(35-2)25(22)36-3)16-31-26(33)20-6-4-5-7-21(20)30-27(31)37-13-12-24(32)29-19-10-8-18(28)9-11-19/h4-11,14-15H,12-13,16H2,1-3H3,(H,29,32). The van der Waals surface area contributed by atoms with Crippen molar-refractivity contribution in [1.29, 1.82) is 0 Å². The number of nitrogens with zero attached hydrogens (tertiary/aromatic N) is 2. The van der Waals surface area contributed by atoms with Crippen molar-refractivity contribution in [3.8, 4) is 17.2 Å². The van der Waals surface area contributed by atoms with Gasteiger partial charge >= 0.3 is 0 Å². The lowest BCUT2D eigenvalue weighted by Crippen LogP contribution is -2.24. The van der Waals surface area contributed by atoms with E-state index in [1.165, 1.54) is 57.4 Å². The molecule has 1 N–H and O–H groups in total. The Kier molecular flexibility index (Phi) is 8.29. The van der Waals surface area contributed by atoms with Crippen LogP contribution in [0, 0.1) is 5.82 Å². The van der Waals surface area contributed by atoms with E-state index >= 15 is 0 Å². The summed E-state index contributed by atoms with van der Waals surface area (Å²) in [5, 5.41) is 3.71. The number of fused-ring (bicyclic) bond motifs is 1. The van der Waals surface area contributed by atoms with E-state index < -0.39 is 0 Å². The van der Waals surface area contributed by atoms with Gasteiger partial charge in [-0.05, 0) is 54.1 Å². The Labute approximate surface area is 217 Å². The minimum absolute atomic E-state index is 0.176. The molecule has 0 aliphatic rings. The molecule has 192 valence electrons. The molecule has 0 unspecified atom stereocenters. The van der Waals surface area contributed by atoms with Crippen LogP contribution in [0.2, 0.25) is 0 Å². The Morgan fingerprint density at radius 2 is 1.68 bits per heavy atom. The van der Waals surface area contributed by atoms with E-state index in [1.807, 2.05) is 6.07 Å². The molecular weight excluding hydrogens is 497 g/mol. The Bertz CT molecular complexity index is 1450. The van der Waals surface area contributed by atoms with Gasteiger partial charge in [-0.3, -0.25) is 14.2 Å². The van der Waals surface area contributed by atoms with Crippen molar-refractivity contribution in [2.24, 2.45) is 0 Å². The number of benzene rings is 3. The molecule has 0 radical (unpaired) electrons. The Morgan fingerprint density at radius 3 is 2.32 bits per heavy atom. The third-order valence-electron chi connectivity index (χ3n) is 5.58. The highest BCUT2D eigenvalue weighted by molar-refractivity contribution is 7.99. The minimum Gasteiger partial charge on any atom is -0.493 e. The molecule has 0 aliphatic carbocycles. The average molecular weight is 524 g/mol. The molecule has 0 bridgehead atoms. The Balaban J connectivity index is 1.60. The predicted molar refractivity (Wildman–Crippen MR) is 142 cm³/mol. The first kappa shape index (κ1) is 26.0. The van der Waals surface area contributed by atoms with Gasteiger partial charge in [-0.1, -0.05) is 23.9 Å². The van der Waals surface area contributed by atoms with Crippen molar-refractivity contribution in [2.75, 3.05) is 32.4 Å². The van der Waals surface area contributed by atoms with Crippen LogP contribution in [0.4, 0.5) is 10.1 Å². The lowest BCUT2D eigenvalue weighted by atomic mass is 10.1. The number of nitrogens with one attached hydrogen (secondary N) is 1. The number of aromatic nitrogens is 2. The van der Waals surface area contributed by atoms with Gasteiger partial charge in [-0.15, -0.1) is 0 Å². The van der Waals surface area contributed by atoms with Crippen LogP contribution in [-0.4, -0.2) is 42.5 Å². The van der Waals surface area contributed by atoms with Gasteiger partial charge in [-0.2, -0.15) is 0 Å². The Hall–Kier alpha value is -4.05. The van der Waals surface area contributed by atoms with Crippen molar-refractivity contribution >= 4 is 34.3 Å². The highest BCUT2D eigenvalue weighted by Gasteiger charge is 2.17. The molecule has 8 nitrogen and oxygen atoms in total. The molecule has 4 rings (SSSR count). The molecule has 0 saturated heterocycles. The van der Waals surface area contributed by atoms with Crippen LogP contribution >= 0.6 is 11.8 Å². The summed E-state index contributed by atoms with van der Waals surface area (Å²) >= 11 is 1.31. The summed E-state index contributed by atoms with van der Waals surface area (Å²) in [6.07, 6.45) is 0.176. The zero-order chi connectivity index (χ0) is 26.4. The molecular formula is C27H26FN3O5S. The molecule has 0 atom stereocenters. The van der Waals surface area contributed by atoms with Gasteiger partial charge in [0.25, 0.3) is 5.56 Å². The number of rotatable bonds is 10. The number of methoxy groups -OCH3 is 3. The quantitative estimate of drug-likeness (QED) is 0.237. The maximum atomic E-state index is 13.5. The molecule has 4 aromatic rings. The van der Waals surface area contributed by atoms with Crippen molar-refractivity contribution in [3.05, 3.63) is 82.4 Å². The highest BCUT2D eigenvalue weighted by atomic mass is 32.2. The van der Waals surface area contributed by atoms with Gasteiger partial charge in [-0.25, -0.2) is 9.37 Å². The largest absolute Gasteiger partial charge is 0.493 e. The van der Waals surface area contributed by atoms with Crippen LogP contribution in [0.1, 0.15) is 12.0 Å². The number of para-hydroxylation sites is 1. The second kappa shape index (κ2) is 11.8. The summed E-state index contributed by atoms with van der Waals surface area (Å²) in [5.41, 5.74) is 1.65. The van der Waals surface area contributed by atoms with E-state index in [9.17, 15) is 14.0 Å². The van der Waals surface area contributed by atoms with Crippen molar-refractivity contribution < 1.29 is 23.4 Å². The normalized spacial score (nSPS) is 10.8. The zero-order valence-corrected chi connectivity index (χ0v) is 21.4. The summed E-state index contributed by atoms with van der Waals surface area (Å²) in [5.74, 6) is 1.20. The van der Waals surface area contributed by atoms with Gasteiger partial charge in [0, 0.05) is 17.9 Å². The summed E-state index contributed by atoms with van der Waals surface area (Å²) in [7, 11) is 4.59. The number of halogens is 1. The topological polar surface area (TPSA) is 91.7 Å². The summed E-state index contributed by atoms with van der Waals surface area (Å²) in [6.45, 7) is 0.206. The zero-order valence-electron chi connectivity index (χ0n) is 20.6. The van der Waals surface area contributed by atoms with Crippen LogP contribution in [0.25, 0.3) is 10.9 Å². The van der Waals surface area contributed by atoms with Gasteiger partial charge < -0.3 is 19.5 Å². The molecule has 1 heterocycles. The SMILES string of the molecule is COc1cc(Cn2c(SCCC(=O)Nc3ccc(F)cc3)nc3ccccc3c2=O)cc(OC)c1OC.